The second kappa shape index (κ2) is 5.24. The number of carbonyl (C=O) groups is 1. The topological polar surface area (TPSA) is 87.6 Å². The number of sulfonamides is 1. The lowest BCUT2D eigenvalue weighted by Gasteiger charge is -2.15. The van der Waals surface area contributed by atoms with Crippen LogP contribution in [0.2, 0.25) is 0 Å². The molecule has 2 aromatic heterocycles. The minimum Gasteiger partial charge on any atom is -0.481 e. The third-order valence-electron chi connectivity index (χ3n) is 2.63. The Morgan fingerprint density at radius 3 is 2.95 bits per heavy atom. The SMILES string of the molecule is CN(CCC(=O)O)S(=O)(=O)c1cnc2ccsc2c1. The zero-order chi connectivity index (χ0) is 14.0. The molecule has 0 aliphatic heterocycles. The number of fused-ring (bicyclic) bond motifs is 1. The van der Waals surface area contributed by atoms with Crippen LogP contribution in [0, 0.1) is 0 Å². The van der Waals surface area contributed by atoms with Crippen LogP contribution < -0.4 is 0 Å². The van der Waals surface area contributed by atoms with E-state index in [1.165, 1.54) is 24.6 Å². The molecule has 0 aliphatic carbocycles. The van der Waals surface area contributed by atoms with Crippen molar-refractivity contribution in [1.29, 1.82) is 0 Å². The van der Waals surface area contributed by atoms with Crippen LogP contribution in [0.25, 0.3) is 10.2 Å². The predicted octanol–water partition coefficient (Wildman–Crippen LogP) is 1.39. The maximum atomic E-state index is 12.2. The summed E-state index contributed by atoms with van der Waals surface area (Å²) in [6, 6.07) is 3.37. The van der Waals surface area contributed by atoms with Gasteiger partial charge in [0, 0.05) is 19.8 Å². The highest BCUT2D eigenvalue weighted by atomic mass is 32.2. The number of hydrogen-bond donors (Lipinski definition) is 1. The monoisotopic (exact) mass is 300 g/mol. The first-order valence-electron chi connectivity index (χ1n) is 5.42. The zero-order valence-corrected chi connectivity index (χ0v) is 11.7. The van der Waals surface area contributed by atoms with E-state index in [1.807, 2.05) is 11.4 Å². The van der Waals surface area contributed by atoms with Crippen molar-refractivity contribution in [2.45, 2.75) is 11.3 Å². The van der Waals surface area contributed by atoms with Gasteiger partial charge in [-0.25, -0.2) is 12.7 Å². The lowest BCUT2D eigenvalue weighted by atomic mass is 10.4. The van der Waals surface area contributed by atoms with Crippen molar-refractivity contribution < 1.29 is 18.3 Å². The molecule has 2 aromatic rings. The summed E-state index contributed by atoms with van der Waals surface area (Å²) in [5.41, 5.74) is 0.747. The Bertz CT molecular complexity index is 708. The van der Waals surface area contributed by atoms with Gasteiger partial charge in [-0.2, -0.15) is 0 Å². The highest BCUT2D eigenvalue weighted by Gasteiger charge is 2.22. The van der Waals surface area contributed by atoms with E-state index in [0.29, 0.717) is 0 Å². The first-order chi connectivity index (χ1) is 8.91. The molecule has 8 heteroatoms. The normalized spacial score (nSPS) is 12.1. The first kappa shape index (κ1) is 13.9. The van der Waals surface area contributed by atoms with Crippen molar-refractivity contribution in [3.8, 4) is 0 Å². The van der Waals surface area contributed by atoms with Crippen LogP contribution in [0.5, 0.6) is 0 Å². The van der Waals surface area contributed by atoms with Gasteiger partial charge >= 0.3 is 5.97 Å². The highest BCUT2D eigenvalue weighted by Crippen LogP contribution is 2.23. The van der Waals surface area contributed by atoms with Crippen LogP contribution in [0.15, 0.2) is 28.6 Å². The summed E-state index contributed by atoms with van der Waals surface area (Å²) in [4.78, 5) is 14.6. The summed E-state index contributed by atoms with van der Waals surface area (Å²) in [6.45, 7) is -0.0693. The van der Waals surface area contributed by atoms with Crippen molar-refractivity contribution in [2.75, 3.05) is 13.6 Å². The molecule has 6 nitrogen and oxygen atoms in total. The van der Waals surface area contributed by atoms with Gasteiger partial charge in [0.05, 0.1) is 16.6 Å². The molecule has 0 saturated heterocycles. The summed E-state index contributed by atoms with van der Waals surface area (Å²) in [7, 11) is -2.33. The number of thiophene rings is 1. The molecule has 19 heavy (non-hydrogen) atoms. The largest absolute Gasteiger partial charge is 0.481 e. The molecule has 102 valence electrons. The van der Waals surface area contributed by atoms with Gasteiger partial charge in [0.2, 0.25) is 10.0 Å². The third kappa shape index (κ3) is 2.91. The van der Waals surface area contributed by atoms with Gasteiger partial charge in [0.1, 0.15) is 4.90 Å². The number of aromatic nitrogens is 1. The minimum absolute atomic E-state index is 0.0693. The summed E-state index contributed by atoms with van der Waals surface area (Å²) in [6.07, 6.45) is 1.06. The Balaban J connectivity index is 2.29. The molecular weight excluding hydrogens is 288 g/mol. The fraction of sp³-hybridized carbons (Fsp3) is 0.273. The molecule has 0 unspecified atom stereocenters. The van der Waals surface area contributed by atoms with Gasteiger partial charge in [-0.3, -0.25) is 9.78 Å². The molecule has 0 saturated carbocycles. The summed E-state index contributed by atoms with van der Waals surface area (Å²) < 4.78 is 26.2. The number of aliphatic carboxylic acids is 1. The molecule has 0 bridgehead atoms. The van der Waals surface area contributed by atoms with E-state index in [0.717, 1.165) is 14.5 Å². The van der Waals surface area contributed by atoms with Crippen molar-refractivity contribution in [1.82, 2.24) is 9.29 Å². The fourth-order valence-corrected chi connectivity index (χ4v) is 3.52. The third-order valence-corrected chi connectivity index (χ3v) is 5.30. The van der Waals surface area contributed by atoms with Crippen LogP contribution >= 0.6 is 11.3 Å². The average Bonchev–Trinajstić information content (AvgIpc) is 2.82. The Morgan fingerprint density at radius 1 is 1.53 bits per heavy atom. The number of hydrogen-bond acceptors (Lipinski definition) is 5. The smallest absolute Gasteiger partial charge is 0.304 e. The molecule has 0 spiro atoms. The standard InChI is InChI=1S/C11H12N2O4S2/c1-13(4-2-11(14)15)19(16,17)8-6-10-9(12-7-8)3-5-18-10/h3,5-7H,2,4H2,1H3,(H,14,15). The number of carboxylic acids is 1. The molecule has 0 radical (unpaired) electrons. The first-order valence-corrected chi connectivity index (χ1v) is 7.74. The average molecular weight is 300 g/mol. The molecule has 0 aromatic carbocycles. The van der Waals surface area contributed by atoms with Crippen LogP contribution in [-0.2, 0) is 14.8 Å². The molecule has 0 fully saturated rings. The highest BCUT2D eigenvalue weighted by molar-refractivity contribution is 7.89. The molecule has 2 heterocycles. The van der Waals surface area contributed by atoms with E-state index in [2.05, 4.69) is 4.98 Å². The van der Waals surface area contributed by atoms with Crippen molar-refractivity contribution in [2.24, 2.45) is 0 Å². The number of nitrogens with zero attached hydrogens (tertiary/aromatic N) is 2. The molecule has 1 N–H and O–H groups in total. The van der Waals surface area contributed by atoms with Crippen molar-refractivity contribution in [3.05, 3.63) is 23.7 Å². The summed E-state index contributed by atoms with van der Waals surface area (Å²) in [5, 5.41) is 10.4. The molecule has 0 aliphatic rings. The number of rotatable bonds is 5. The van der Waals surface area contributed by atoms with E-state index < -0.39 is 16.0 Å². The van der Waals surface area contributed by atoms with Gasteiger partial charge in [-0.15, -0.1) is 11.3 Å². The van der Waals surface area contributed by atoms with Gasteiger partial charge in [0.25, 0.3) is 0 Å². The molecule has 2 rings (SSSR count). The van der Waals surface area contributed by atoms with E-state index >= 15 is 0 Å². The van der Waals surface area contributed by atoms with Gasteiger partial charge in [0.15, 0.2) is 0 Å². The molecule has 0 atom stereocenters. The summed E-state index contributed by atoms with van der Waals surface area (Å²) >= 11 is 1.41. The Morgan fingerprint density at radius 2 is 2.26 bits per heavy atom. The Hall–Kier alpha value is -1.51. The lowest BCUT2D eigenvalue weighted by Crippen LogP contribution is -2.29. The zero-order valence-electron chi connectivity index (χ0n) is 10.1. The van der Waals surface area contributed by atoms with Gasteiger partial charge in [-0.1, -0.05) is 0 Å². The van der Waals surface area contributed by atoms with Gasteiger partial charge in [-0.05, 0) is 17.5 Å². The molecular formula is C11H12N2O4S2. The summed E-state index contributed by atoms with van der Waals surface area (Å²) in [5.74, 6) is -1.03. The van der Waals surface area contributed by atoms with Crippen LogP contribution in [0.3, 0.4) is 0 Å². The minimum atomic E-state index is -3.69. The Kier molecular flexibility index (Phi) is 3.83. The quantitative estimate of drug-likeness (QED) is 0.901. The second-order valence-electron chi connectivity index (χ2n) is 3.95. The lowest BCUT2D eigenvalue weighted by molar-refractivity contribution is -0.137. The van der Waals surface area contributed by atoms with Crippen LogP contribution in [-0.4, -0.2) is 42.4 Å². The van der Waals surface area contributed by atoms with Crippen molar-refractivity contribution in [3.63, 3.8) is 0 Å². The van der Waals surface area contributed by atoms with Crippen molar-refractivity contribution >= 4 is 37.5 Å². The number of carboxylic acid groups (broad SMARTS) is 1. The van der Waals surface area contributed by atoms with E-state index in [4.69, 9.17) is 5.11 Å². The fourth-order valence-electron chi connectivity index (χ4n) is 1.52. The Labute approximate surface area is 114 Å². The van der Waals surface area contributed by atoms with E-state index in [9.17, 15) is 13.2 Å². The predicted molar refractivity (Wildman–Crippen MR) is 71.7 cm³/mol. The van der Waals surface area contributed by atoms with Crippen LogP contribution in [0.4, 0.5) is 0 Å². The van der Waals surface area contributed by atoms with Crippen LogP contribution in [0.1, 0.15) is 6.42 Å². The molecule has 0 amide bonds. The maximum absolute atomic E-state index is 12.2. The number of pyridine rings is 1. The second-order valence-corrected chi connectivity index (χ2v) is 6.94. The van der Waals surface area contributed by atoms with Gasteiger partial charge < -0.3 is 5.11 Å². The van der Waals surface area contributed by atoms with E-state index in [1.54, 1.807) is 6.07 Å². The van der Waals surface area contributed by atoms with E-state index in [-0.39, 0.29) is 17.9 Å². The maximum Gasteiger partial charge on any atom is 0.304 e.